The molecule has 2 N–H and O–H groups in total. The molecule has 0 spiro atoms. The quantitative estimate of drug-likeness (QED) is 0.795. The van der Waals surface area contributed by atoms with Crippen LogP contribution in [0.4, 0.5) is 0 Å². The normalized spacial score (nSPS) is 37.9. The van der Waals surface area contributed by atoms with Gasteiger partial charge in [-0.2, -0.15) is 0 Å². The van der Waals surface area contributed by atoms with Crippen LogP contribution in [-0.4, -0.2) is 21.9 Å². The third kappa shape index (κ3) is 3.45. The van der Waals surface area contributed by atoms with Crippen LogP contribution in [0.1, 0.15) is 71.1 Å². The topological polar surface area (TPSA) is 40.5 Å². The SMILES string of the molecule is CCC1CCC(O)C(CC2(O)CCCCC2)C1. The predicted molar refractivity (Wildman–Crippen MR) is 69.8 cm³/mol. The van der Waals surface area contributed by atoms with Gasteiger partial charge in [-0.05, 0) is 50.4 Å². The van der Waals surface area contributed by atoms with Gasteiger partial charge in [-0.25, -0.2) is 0 Å². The first-order valence-electron chi connectivity index (χ1n) is 7.53. The van der Waals surface area contributed by atoms with Crippen molar-refractivity contribution < 1.29 is 10.2 Å². The Balaban J connectivity index is 1.91. The van der Waals surface area contributed by atoms with Crippen molar-refractivity contribution in [1.29, 1.82) is 0 Å². The summed E-state index contributed by atoms with van der Waals surface area (Å²) in [6.07, 6.45) is 10.6. The maximum atomic E-state index is 10.6. The van der Waals surface area contributed by atoms with E-state index < -0.39 is 5.60 Å². The molecule has 0 heterocycles. The van der Waals surface area contributed by atoms with E-state index in [2.05, 4.69) is 6.92 Å². The van der Waals surface area contributed by atoms with E-state index in [4.69, 9.17) is 0 Å². The van der Waals surface area contributed by atoms with E-state index in [-0.39, 0.29) is 6.10 Å². The van der Waals surface area contributed by atoms with Crippen molar-refractivity contribution in [3.05, 3.63) is 0 Å². The second kappa shape index (κ2) is 5.71. The molecule has 2 aliphatic carbocycles. The zero-order valence-electron chi connectivity index (χ0n) is 11.2. The van der Waals surface area contributed by atoms with Crippen LogP contribution in [0.25, 0.3) is 0 Å². The van der Waals surface area contributed by atoms with Crippen LogP contribution in [0.5, 0.6) is 0 Å². The van der Waals surface area contributed by atoms with Crippen molar-refractivity contribution in [3.8, 4) is 0 Å². The molecule has 2 heteroatoms. The number of aliphatic hydroxyl groups excluding tert-OH is 1. The Labute approximate surface area is 105 Å². The van der Waals surface area contributed by atoms with E-state index in [1.807, 2.05) is 0 Å². The van der Waals surface area contributed by atoms with Crippen LogP contribution in [0.2, 0.25) is 0 Å². The lowest BCUT2D eigenvalue weighted by atomic mass is 9.70. The summed E-state index contributed by atoms with van der Waals surface area (Å²) in [5.74, 6) is 1.12. The molecular formula is C15H28O2. The maximum Gasteiger partial charge on any atom is 0.0651 e. The fourth-order valence-corrected chi connectivity index (χ4v) is 3.84. The molecule has 0 aromatic carbocycles. The first kappa shape index (κ1) is 13.4. The highest BCUT2D eigenvalue weighted by atomic mass is 16.3. The molecule has 2 rings (SSSR count). The standard InChI is InChI=1S/C15H28O2/c1-2-12-6-7-14(16)13(10-12)11-15(17)8-4-3-5-9-15/h12-14,16-17H,2-11H2,1H3. The summed E-state index contributed by atoms with van der Waals surface area (Å²) in [4.78, 5) is 0. The third-order valence-corrected chi connectivity index (χ3v) is 5.05. The molecule has 2 fully saturated rings. The Hall–Kier alpha value is -0.0800. The summed E-state index contributed by atoms with van der Waals surface area (Å²) in [5.41, 5.74) is -0.459. The molecule has 0 aromatic rings. The average molecular weight is 240 g/mol. The van der Waals surface area contributed by atoms with E-state index >= 15 is 0 Å². The van der Waals surface area contributed by atoms with E-state index in [0.29, 0.717) is 5.92 Å². The molecule has 0 bridgehead atoms. The zero-order chi connectivity index (χ0) is 12.3. The van der Waals surface area contributed by atoms with Crippen molar-refractivity contribution in [3.63, 3.8) is 0 Å². The summed E-state index contributed by atoms with van der Waals surface area (Å²) in [6, 6.07) is 0. The lowest BCUT2D eigenvalue weighted by Crippen LogP contribution is -2.39. The molecule has 2 aliphatic rings. The van der Waals surface area contributed by atoms with E-state index in [9.17, 15) is 10.2 Å². The molecule has 3 atom stereocenters. The highest BCUT2D eigenvalue weighted by Gasteiger charge is 2.37. The molecule has 0 radical (unpaired) electrons. The van der Waals surface area contributed by atoms with Gasteiger partial charge in [0.1, 0.15) is 0 Å². The van der Waals surface area contributed by atoms with Gasteiger partial charge in [-0.15, -0.1) is 0 Å². The van der Waals surface area contributed by atoms with Gasteiger partial charge in [0, 0.05) is 0 Å². The minimum Gasteiger partial charge on any atom is -0.393 e. The van der Waals surface area contributed by atoms with Gasteiger partial charge < -0.3 is 10.2 Å². The van der Waals surface area contributed by atoms with Crippen molar-refractivity contribution in [2.45, 2.75) is 82.8 Å². The smallest absolute Gasteiger partial charge is 0.0651 e. The predicted octanol–water partition coefficient (Wildman–Crippen LogP) is 3.26. The zero-order valence-corrected chi connectivity index (χ0v) is 11.2. The van der Waals surface area contributed by atoms with Crippen LogP contribution in [0, 0.1) is 11.8 Å². The summed E-state index contributed by atoms with van der Waals surface area (Å²) in [6.45, 7) is 2.24. The Kier molecular flexibility index (Phi) is 4.48. The van der Waals surface area contributed by atoms with Crippen LogP contribution in [-0.2, 0) is 0 Å². The Morgan fingerprint density at radius 3 is 2.47 bits per heavy atom. The highest BCUT2D eigenvalue weighted by molar-refractivity contribution is 4.89. The fourth-order valence-electron chi connectivity index (χ4n) is 3.84. The summed E-state index contributed by atoms with van der Waals surface area (Å²) >= 11 is 0. The van der Waals surface area contributed by atoms with Crippen molar-refractivity contribution in [1.82, 2.24) is 0 Å². The second-order valence-corrected chi connectivity index (χ2v) is 6.40. The van der Waals surface area contributed by atoms with E-state index in [1.54, 1.807) is 0 Å². The Bertz CT molecular complexity index is 233. The number of aliphatic hydroxyl groups is 2. The van der Waals surface area contributed by atoms with Crippen molar-refractivity contribution >= 4 is 0 Å². The lowest BCUT2D eigenvalue weighted by molar-refractivity contribution is -0.0533. The average Bonchev–Trinajstić information content (AvgIpc) is 2.33. The van der Waals surface area contributed by atoms with Crippen LogP contribution in [0.15, 0.2) is 0 Å². The molecule has 3 unspecified atom stereocenters. The molecule has 2 saturated carbocycles. The molecule has 0 aromatic heterocycles. The first-order chi connectivity index (χ1) is 8.13. The van der Waals surface area contributed by atoms with Gasteiger partial charge in [0.25, 0.3) is 0 Å². The van der Waals surface area contributed by atoms with Crippen LogP contribution < -0.4 is 0 Å². The minimum absolute atomic E-state index is 0.163. The van der Waals surface area contributed by atoms with E-state index in [1.165, 1.54) is 19.3 Å². The lowest BCUT2D eigenvalue weighted by Gasteiger charge is -2.40. The second-order valence-electron chi connectivity index (χ2n) is 6.40. The monoisotopic (exact) mass is 240 g/mol. The summed E-state index contributed by atoms with van der Waals surface area (Å²) < 4.78 is 0. The highest BCUT2D eigenvalue weighted by Crippen LogP contribution is 2.40. The molecule has 0 saturated heterocycles. The Morgan fingerprint density at radius 2 is 1.82 bits per heavy atom. The largest absolute Gasteiger partial charge is 0.393 e. The number of hydrogen-bond acceptors (Lipinski definition) is 2. The molecule has 0 amide bonds. The molecule has 0 aliphatic heterocycles. The van der Waals surface area contributed by atoms with Gasteiger partial charge in [-0.1, -0.05) is 32.6 Å². The van der Waals surface area contributed by atoms with Crippen molar-refractivity contribution in [2.24, 2.45) is 11.8 Å². The number of hydrogen-bond donors (Lipinski definition) is 2. The summed E-state index contributed by atoms with van der Waals surface area (Å²) in [7, 11) is 0. The molecular weight excluding hydrogens is 212 g/mol. The fraction of sp³-hybridized carbons (Fsp3) is 1.00. The number of rotatable bonds is 3. The minimum atomic E-state index is -0.459. The van der Waals surface area contributed by atoms with Crippen LogP contribution in [0.3, 0.4) is 0 Å². The molecule has 2 nitrogen and oxygen atoms in total. The van der Waals surface area contributed by atoms with Gasteiger partial charge in [-0.3, -0.25) is 0 Å². The molecule has 100 valence electrons. The van der Waals surface area contributed by atoms with Gasteiger partial charge >= 0.3 is 0 Å². The van der Waals surface area contributed by atoms with Crippen LogP contribution >= 0.6 is 0 Å². The Morgan fingerprint density at radius 1 is 1.12 bits per heavy atom. The van der Waals surface area contributed by atoms with Gasteiger partial charge in [0.2, 0.25) is 0 Å². The van der Waals surface area contributed by atoms with Gasteiger partial charge in [0.15, 0.2) is 0 Å². The van der Waals surface area contributed by atoms with E-state index in [0.717, 1.165) is 50.9 Å². The van der Waals surface area contributed by atoms with Crippen molar-refractivity contribution in [2.75, 3.05) is 0 Å². The molecule has 17 heavy (non-hydrogen) atoms. The first-order valence-corrected chi connectivity index (χ1v) is 7.53. The third-order valence-electron chi connectivity index (χ3n) is 5.05. The van der Waals surface area contributed by atoms with Gasteiger partial charge in [0.05, 0.1) is 11.7 Å². The summed E-state index contributed by atoms with van der Waals surface area (Å²) in [5, 5.41) is 20.7. The maximum absolute atomic E-state index is 10.6.